The molecule has 6 nitrogen and oxygen atoms in total. The van der Waals surface area contributed by atoms with Crippen molar-refractivity contribution in [3.05, 3.63) is 48.3 Å². The highest BCUT2D eigenvalue weighted by Crippen LogP contribution is 2.20. The average molecular weight is 324 g/mol. The van der Waals surface area contributed by atoms with Crippen molar-refractivity contribution in [1.29, 1.82) is 0 Å². The number of benzene rings is 1. The predicted molar refractivity (Wildman–Crippen MR) is 93.4 cm³/mol. The van der Waals surface area contributed by atoms with Crippen molar-refractivity contribution in [2.45, 2.75) is 19.8 Å². The molecule has 0 atom stereocenters. The summed E-state index contributed by atoms with van der Waals surface area (Å²) in [5, 5.41) is 5.95. The number of carbonyl (C=O) groups is 2. The van der Waals surface area contributed by atoms with Crippen LogP contribution < -0.4 is 10.6 Å². The number of nitrogens with one attached hydrogen (secondary N) is 2. The van der Waals surface area contributed by atoms with Gasteiger partial charge in [0.25, 0.3) is 5.91 Å². The summed E-state index contributed by atoms with van der Waals surface area (Å²) in [6.07, 6.45) is 5.42. The van der Waals surface area contributed by atoms with E-state index in [1.165, 1.54) is 6.92 Å². The highest BCUT2D eigenvalue weighted by Gasteiger charge is 2.19. The number of aromatic nitrogens is 1. The first-order valence-corrected chi connectivity index (χ1v) is 8.01. The molecular weight excluding hydrogens is 304 g/mol. The monoisotopic (exact) mass is 324 g/mol. The van der Waals surface area contributed by atoms with Crippen molar-refractivity contribution >= 4 is 28.9 Å². The molecule has 0 saturated carbocycles. The molecule has 1 aliphatic rings. The lowest BCUT2D eigenvalue weighted by molar-refractivity contribution is -0.114. The SMILES string of the molecule is CC(=O)Nc1ccc(Nc2cncc(C(=O)N3CCCC3)c2)cc1. The van der Waals surface area contributed by atoms with Crippen molar-refractivity contribution in [3.63, 3.8) is 0 Å². The first-order valence-electron chi connectivity index (χ1n) is 8.01. The zero-order valence-corrected chi connectivity index (χ0v) is 13.6. The van der Waals surface area contributed by atoms with Crippen LogP contribution in [0.2, 0.25) is 0 Å². The summed E-state index contributed by atoms with van der Waals surface area (Å²) in [6, 6.07) is 9.17. The van der Waals surface area contributed by atoms with Gasteiger partial charge in [0.05, 0.1) is 17.4 Å². The van der Waals surface area contributed by atoms with Gasteiger partial charge in [0.2, 0.25) is 5.91 Å². The van der Waals surface area contributed by atoms with Gasteiger partial charge in [-0.15, -0.1) is 0 Å². The summed E-state index contributed by atoms with van der Waals surface area (Å²) < 4.78 is 0. The van der Waals surface area contributed by atoms with E-state index in [1.807, 2.05) is 35.2 Å². The lowest BCUT2D eigenvalue weighted by Gasteiger charge is -2.15. The molecule has 1 fully saturated rings. The first-order chi connectivity index (χ1) is 11.6. The molecule has 2 N–H and O–H groups in total. The molecule has 1 aromatic heterocycles. The second kappa shape index (κ2) is 7.12. The van der Waals surface area contributed by atoms with Crippen LogP contribution in [-0.2, 0) is 4.79 Å². The van der Waals surface area contributed by atoms with Gasteiger partial charge in [0.15, 0.2) is 0 Å². The summed E-state index contributed by atoms with van der Waals surface area (Å²) in [5.74, 6) is -0.0716. The topological polar surface area (TPSA) is 74.3 Å². The largest absolute Gasteiger partial charge is 0.354 e. The Labute approximate surface area is 140 Å². The maximum Gasteiger partial charge on any atom is 0.255 e. The van der Waals surface area contributed by atoms with Crippen LogP contribution in [0.15, 0.2) is 42.7 Å². The standard InChI is InChI=1S/C18H20N4O2/c1-13(23)20-15-4-6-16(7-5-15)21-17-10-14(11-19-12-17)18(24)22-8-2-3-9-22/h4-7,10-12,21H,2-3,8-9H2,1H3,(H,20,23). The van der Waals surface area contributed by atoms with Crippen LogP contribution in [0.4, 0.5) is 17.1 Å². The summed E-state index contributed by atoms with van der Waals surface area (Å²) in [7, 11) is 0. The lowest BCUT2D eigenvalue weighted by atomic mass is 10.2. The number of likely N-dealkylation sites (tertiary alicyclic amines) is 1. The number of nitrogens with zero attached hydrogens (tertiary/aromatic N) is 2. The quantitative estimate of drug-likeness (QED) is 0.906. The fourth-order valence-electron chi connectivity index (χ4n) is 2.73. The van der Waals surface area contributed by atoms with Gasteiger partial charge < -0.3 is 15.5 Å². The van der Waals surface area contributed by atoms with Gasteiger partial charge in [-0.25, -0.2) is 0 Å². The second-order valence-electron chi connectivity index (χ2n) is 5.85. The fraction of sp³-hybridized carbons (Fsp3) is 0.278. The van der Waals surface area contributed by atoms with Crippen LogP contribution in [0.3, 0.4) is 0 Å². The van der Waals surface area contributed by atoms with Crippen LogP contribution in [0.25, 0.3) is 0 Å². The van der Waals surface area contributed by atoms with Crippen LogP contribution in [0, 0.1) is 0 Å². The zero-order chi connectivity index (χ0) is 16.9. The van der Waals surface area contributed by atoms with Crippen molar-refractivity contribution in [2.24, 2.45) is 0 Å². The number of pyridine rings is 1. The van der Waals surface area contributed by atoms with Crippen molar-refractivity contribution in [2.75, 3.05) is 23.7 Å². The van der Waals surface area contributed by atoms with Crippen LogP contribution in [-0.4, -0.2) is 34.8 Å². The Kier molecular flexibility index (Phi) is 4.74. The lowest BCUT2D eigenvalue weighted by Crippen LogP contribution is -2.27. The fourth-order valence-corrected chi connectivity index (χ4v) is 2.73. The molecule has 0 unspecified atom stereocenters. The molecule has 0 radical (unpaired) electrons. The van der Waals surface area contributed by atoms with E-state index in [4.69, 9.17) is 0 Å². The maximum absolute atomic E-state index is 12.4. The Bertz CT molecular complexity index is 737. The van der Waals surface area contributed by atoms with Crippen molar-refractivity contribution in [1.82, 2.24) is 9.88 Å². The third-order valence-electron chi connectivity index (χ3n) is 3.87. The van der Waals surface area contributed by atoms with Gasteiger partial charge in [0, 0.05) is 37.6 Å². The average Bonchev–Trinajstić information content (AvgIpc) is 3.10. The molecule has 2 heterocycles. The molecule has 1 aromatic carbocycles. The number of rotatable bonds is 4. The summed E-state index contributed by atoms with van der Waals surface area (Å²) in [5.41, 5.74) is 2.95. The van der Waals surface area contributed by atoms with Crippen molar-refractivity contribution in [3.8, 4) is 0 Å². The molecule has 1 aliphatic heterocycles. The van der Waals surface area contributed by atoms with E-state index in [-0.39, 0.29) is 11.8 Å². The molecule has 24 heavy (non-hydrogen) atoms. The van der Waals surface area contributed by atoms with E-state index in [0.29, 0.717) is 5.56 Å². The van der Waals surface area contributed by atoms with Crippen LogP contribution >= 0.6 is 0 Å². The zero-order valence-electron chi connectivity index (χ0n) is 13.6. The molecule has 0 bridgehead atoms. The van der Waals surface area contributed by atoms with E-state index in [9.17, 15) is 9.59 Å². The van der Waals surface area contributed by atoms with Gasteiger partial charge in [0.1, 0.15) is 0 Å². The van der Waals surface area contributed by atoms with Crippen molar-refractivity contribution < 1.29 is 9.59 Å². The minimum absolute atomic E-state index is 0.0321. The summed E-state index contributed by atoms with van der Waals surface area (Å²) in [4.78, 5) is 29.5. The van der Waals surface area contributed by atoms with Crippen LogP contribution in [0.1, 0.15) is 30.1 Å². The van der Waals surface area contributed by atoms with Gasteiger partial charge in [-0.05, 0) is 43.2 Å². The Morgan fingerprint density at radius 3 is 2.33 bits per heavy atom. The van der Waals surface area contributed by atoms with E-state index in [0.717, 1.165) is 43.0 Å². The Hall–Kier alpha value is -2.89. The number of anilines is 3. The summed E-state index contributed by atoms with van der Waals surface area (Å²) >= 11 is 0. The van der Waals surface area contributed by atoms with Gasteiger partial charge in [-0.2, -0.15) is 0 Å². The Balaban J connectivity index is 1.70. The van der Waals surface area contributed by atoms with E-state index in [1.54, 1.807) is 12.4 Å². The first kappa shape index (κ1) is 16.0. The molecule has 2 amide bonds. The molecule has 3 rings (SSSR count). The summed E-state index contributed by atoms with van der Waals surface area (Å²) in [6.45, 7) is 3.11. The minimum Gasteiger partial charge on any atom is -0.354 e. The highest BCUT2D eigenvalue weighted by atomic mass is 16.2. The molecular formula is C18H20N4O2. The molecule has 0 spiro atoms. The minimum atomic E-state index is -0.104. The molecule has 124 valence electrons. The van der Waals surface area contributed by atoms with Gasteiger partial charge in [-0.1, -0.05) is 0 Å². The van der Waals surface area contributed by atoms with Crippen LogP contribution in [0.5, 0.6) is 0 Å². The van der Waals surface area contributed by atoms with E-state index >= 15 is 0 Å². The molecule has 2 aromatic rings. The maximum atomic E-state index is 12.4. The second-order valence-corrected chi connectivity index (χ2v) is 5.85. The molecule has 1 saturated heterocycles. The number of hydrogen-bond donors (Lipinski definition) is 2. The Morgan fingerprint density at radius 2 is 1.67 bits per heavy atom. The third-order valence-corrected chi connectivity index (χ3v) is 3.87. The number of carbonyl (C=O) groups excluding carboxylic acids is 2. The molecule has 0 aliphatic carbocycles. The smallest absolute Gasteiger partial charge is 0.255 e. The predicted octanol–water partition coefficient (Wildman–Crippen LogP) is 3.02. The normalized spacial score (nSPS) is 13.6. The van der Waals surface area contributed by atoms with E-state index in [2.05, 4.69) is 15.6 Å². The highest BCUT2D eigenvalue weighted by molar-refractivity contribution is 5.95. The van der Waals surface area contributed by atoms with Gasteiger partial charge in [-0.3, -0.25) is 14.6 Å². The van der Waals surface area contributed by atoms with Gasteiger partial charge >= 0.3 is 0 Å². The molecule has 6 heteroatoms. The Morgan fingerprint density at radius 1 is 1.00 bits per heavy atom. The van der Waals surface area contributed by atoms with E-state index < -0.39 is 0 Å². The third kappa shape index (κ3) is 3.90. The number of hydrogen-bond acceptors (Lipinski definition) is 4. The number of amides is 2.